The average molecular weight is 475 g/mol. The van der Waals surface area contributed by atoms with E-state index in [2.05, 4.69) is 10.1 Å². The van der Waals surface area contributed by atoms with Crippen molar-refractivity contribution in [3.8, 4) is 0 Å². The predicted molar refractivity (Wildman–Crippen MR) is 112 cm³/mol. The minimum absolute atomic E-state index is 0.0726. The van der Waals surface area contributed by atoms with Gasteiger partial charge in [0.25, 0.3) is 5.91 Å². The lowest BCUT2D eigenvalue weighted by atomic mass is 10.1. The predicted octanol–water partition coefficient (Wildman–Crippen LogP) is 4.24. The molecule has 7 nitrogen and oxygen atoms in total. The third kappa shape index (κ3) is 7.88. The van der Waals surface area contributed by atoms with E-state index in [0.717, 1.165) is 22.9 Å². The summed E-state index contributed by atoms with van der Waals surface area (Å²) in [4.78, 5) is 23.8. The first-order valence-electron chi connectivity index (χ1n) is 9.88. The summed E-state index contributed by atoms with van der Waals surface area (Å²) in [6, 6.07) is 0. The van der Waals surface area contributed by atoms with E-state index < -0.39 is 24.1 Å². The molecule has 2 aliphatic rings. The van der Waals surface area contributed by atoms with E-state index in [9.17, 15) is 33.1 Å². The number of ether oxygens (including phenoxy) is 1. The number of nitrogens with zero attached hydrogens (tertiary/aromatic N) is 1. The van der Waals surface area contributed by atoms with Gasteiger partial charge in [-0.05, 0) is 49.8 Å². The van der Waals surface area contributed by atoms with Crippen LogP contribution in [0.1, 0.15) is 39.5 Å². The number of halogens is 3. The molecule has 0 spiro atoms. The van der Waals surface area contributed by atoms with Crippen molar-refractivity contribution in [2.45, 2.75) is 52.0 Å². The summed E-state index contributed by atoms with van der Waals surface area (Å²) in [5, 5.41) is 24.4. The van der Waals surface area contributed by atoms with Gasteiger partial charge in [-0.1, -0.05) is 37.8 Å². The Labute approximate surface area is 187 Å². The highest BCUT2D eigenvalue weighted by atomic mass is 32.2. The van der Waals surface area contributed by atoms with Crippen LogP contribution in [0.2, 0.25) is 0 Å². The van der Waals surface area contributed by atoms with Crippen molar-refractivity contribution in [3.63, 3.8) is 0 Å². The Morgan fingerprint density at radius 1 is 1.31 bits per heavy atom. The Hall–Kier alpha value is -2.50. The number of rotatable bonds is 8. The van der Waals surface area contributed by atoms with Crippen molar-refractivity contribution >= 4 is 24.0 Å². The van der Waals surface area contributed by atoms with Crippen molar-refractivity contribution < 1.29 is 37.8 Å². The van der Waals surface area contributed by atoms with Crippen molar-refractivity contribution in [1.29, 1.82) is 0 Å². The van der Waals surface area contributed by atoms with Crippen molar-refractivity contribution in [2.75, 3.05) is 0 Å². The molecule has 0 bridgehead atoms. The van der Waals surface area contributed by atoms with Gasteiger partial charge in [0.2, 0.25) is 0 Å². The fourth-order valence-electron chi connectivity index (χ4n) is 2.87. The number of hydrogen-bond donors (Lipinski definition) is 3. The van der Waals surface area contributed by atoms with Gasteiger partial charge in [-0.2, -0.15) is 0 Å². The second kappa shape index (κ2) is 11.4. The second-order valence-corrected chi connectivity index (χ2v) is 8.48. The number of thioether (sulfide) groups is 1. The number of hydrogen-bond acceptors (Lipinski definition) is 7. The maximum atomic E-state index is 12.4. The summed E-state index contributed by atoms with van der Waals surface area (Å²) in [5.74, 6) is -0.998. The standard InChI is InChI=1S/C21H25F3N2O5S/c1-13(2)11-17(28)19(29)25-20-14(12-27)5-3-8-18(32-20)26(30)15-6-4-7-16(10-9-15)31-21(22,23)24/h6-10,12-13,17,28,30H,3-5,11H2,1-2H3,(H,25,29). The van der Waals surface area contributed by atoms with Crippen LogP contribution in [0.5, 0.6) is 0 Å². The average Bonchev–Trinajstić information content (AvgIpc) is 3.04. The molecule has 1 heterocycles. The van der Waals surface area contributed by atoms with Crippen LogP contribution in [0.3, 0.4) is 0 Å². The molecule has 176 valence electrons. The van der Waals surface area contributed by atoms with E-state index in [-0.39, 0.29) is 34.5 Å². The number of nitrogens with one attached hydrogen (secondary N) is 1. The first-order chi connectivity index (χ1) is 15.0. The quantitative estimate of drug-likeness (QED) is 0.357. The fraction of sp³-hybridized carbons (Fsp3) is 0.429. The van der Waals surface area contributed by atoms with Crippen molar-refractivity contribution in [1.82, 2.24) is 10.4 Å². The van der Waals surface area contributed by atoms with Crippen LogP contribution < -0.4 is 5.32 Å². The van der Waals surface area contributed by atoms with Crippen molar-refractivity contribution in [3.05, 3.63) is 57.5 Å². The van der Waals surface area contributed by atoms with E-state index in [1.165, 1.54) is 18.2 Å². The molecule has 0 aromatic carbocycles. The summed E-state index contributed by atoms with van der Waals surface area (Å²) in [6.07, 6.45) is 2.17. The molecule has 0 aromatic rings. The van der Waals surface area contributed by atoms with E-state index in [1.807, 2.05) is 13.8 Å². The van der Waals surface area contributed by atoms with Gasteiger partial charge in [-0.3, -0.25) is 14.8 Å². The third-order valence-corrected chi connectivity index (χ3v) is 5.48. The van der Waals surface area contributed by atoms with Crippen LogP contribution in [0, 0.1) is 5.92 Å². The number of amides is 1. The Balaban J connectivity index is 2.15. The lowest BCUT2D eigenvalue weighted by Gasteiger charge is -2.22. The zero-order valence-electron chi connectivity index (χ0n) is 17.6. The number of aliphatic hydroxyl groups excluding tert-OH is 1. The van der Waals surface area contributed by atoms with Gasteiger partial charge in [0.1, 0.15) is 23.2 Å². The molecule has 1 aliphatic heterocycles. The van der Waals surface area contributed by atoms with E-state index in [0.29, 0.717) is 24.7 Å². The molecule has 0 aromatic heterocycles. The lowest BCUT2D eigenvalue weighted by molar-refractivity contribution is -0.303. The van der Waals surface area contributed by atoms with Gasteiger partial charge in [-0.25, -0.2) is 5.06 Å². The highest BCUT2D eigenvalue weighted by molar-refractivity contribution is 8.06. The zero-order chi connectivity index (χ0) is 23.9. The molecule has 1 amide bonds. The fourth-order valence-corrected chi connectivity index (χ4v) is 3.90. The van der Waals surface area contributed by atoms with Crippen LogP contribution in [-0.2, 0) is 14.3 Å². The maximum absolute atomic E-state index is 12.4. The Bertz CT molecular complexity index is 875. The number of allylic oxidation sites excluding steroid dienone is 6. The number of hydroxylamine groups is 2. The first-order valence-corrected chi connectivity index (χ1v) is 10.7. The van der Waals surface area contributed by atoms with Gasteiger partial charge in [-0.15, -0.1) is 13.2 Å². The molecule has 2 rings (SSSR count). The SMILES string of the molecule is CC(C)CC(O)C(=O)NC1=C(C=O)CCC=C(N(O)C2=CCC=C(OC(F)(F)F)C=C2)S1. The lowest BCUT2D eigenvalue weighted by Crippen LogP contribution is -2.35. The van der Waals surface area contributed by atoms with Crippen molar-refractivity contribution in [2.24, 2.45) is 5.92 Å². The molecule has 0 fully saturated rings. The van der Waals surface area contributed by atoms with Crippen LogP contribution in [0.25, 0.3) is 0 Å². The largest absolute Gasteiger partial charge is 0.573 e. The molecular formula is C21H25F3N2O5S. The Morgan fingerprint density at radius 3 is 2.66 bits per heavy atom. The zero-order valence-corrected chi connectivity index (χ0v) is 18.4. The summed E-state index contributed by atoms with van der Waals surface area (Å²) < 4.78 is 41.2. The first kappa shape index (κ1) is 25.8. The smallest absolute Gasteiger partial charge is 0.406 e. The van der Waals surface area contributed by atoms with E-state index in [4.69, 9.17) is 0 Å². The highest BCUT2D eigenvalue weighted by Crippen LogP contribution is 2.35. The summed E-state index contributed by atoms with van der Waals surface area (Å²) in [6.45, 7) is 3.71. The third-order valence-electron chi connectivity index (χ3n) is 4.36. The van der Waals surface area contributed by atoms with Gasteiger partial charge in [0.15, 0.2) is 0 Å². The van der Waals surface area contributed by atoms with E-state index in [1.54, 1.807) is 6.08 Å². The number of aliphatic hydroxyl groups is 1. The van der Waals surface area contributed by atoms with Gasteiger partial charge < -0.3 is 15.2 Å². The Kier molecular flexibility index (Phi) is 9.17. The molecule has 1 aliphatic carbocycles. The minimum Gasteiger partial charge on any atom is -0.406 e. The van der Waals surface area contributed by atoms with Gasteiger partial charge in [0, 0.05) is 5.57 Å². The van der Waals surface area contributed by atoms with Gasteiger partial charge in [0.05, 0.1) is 10.7 Å². The van der Waals surface area contributed by atoms with Gasteiger partial charge >= 0.3 is 6.36 Å². The van der Waals surface area contributed by atoms with Crippen LogP contribution in [0.4, 0.5) is 13.2 Å². The number of aldehydes is 1. The molecular weight excluding hydrogens is 449 g/mol. The molecule has 0 saturated carbocycles. The summed E-state index contributed by atoms with van der Waals surface area (Å²) in [5.41, 5.74) is 0.480. The monoisotopic (exact) mass is 474 g/mol. The highest BCUT2D eigenvalue weighted by Gasteiger charge is 2.31. The number of alkyl halides is 3. The summed E-state index contributed by atoms with van der Waals surface area (Å²) in [7, 11) is 0. The molecule has 32 heavy (non-hydrogen) atoms. The number of carbonyl (C=O) groups excluding carboxylic acids is 2. The topological polar surface area (TPSA) is 99.1 Å². The van der Waals surface area contributed by atoms with Crippen LogP contribution in [-0.4, -0.2) is 40.0 Å². The normalized spacial score (nSPS) is 18.2. The second-order valence-electron chi connectivity index (χ2n) is 7.45. The molecule has 1 unspecified atom stereocenters. The molecule has 3 N–H and O–H groups in total. The molecule has 1 atom stereocenters. The number of carbonyl (C=O) groups is 2. The summed E-state index contributed by atoms with van der Waals surface area (Å²) >= 11 is 0.908. The minimum atomic E-state index is -4.83. The molecule has 0 saturated heterocycles. The maximum Gasteiger partial charge on any atom is 0.573 e. The van der Waals surface area contributed by atoms with Crippen LogP contribution >= 0.6 is 11.8 Å². The molecule has 11 heteroatoms. The Morgan fingerprint density at radius 2 is 2.03 bits per heavy atom. The van der Waals surface area contributed by atoms with Crippen LogP contribution in [0.15, 0.2) is 57.5 Å². The molecule has 0 radical (unpaired) electrons. The van der Waals surface area contributed by atoms with E-state index >= 15 is 0 Å².